The Labute approximate surface area is 102 Å². The molecule has 0 spiro atoms. The Balaban J connectivity index is 2.73. The maximum atomic E-state index is 12.4. The predicted octanol–water partition coefficient (Wildman–Crippen LogP) is 3.71. The lowest BCUT2D eigenvalue weighted by Gasteiger charge is -2.06. The van der Waals surface area contributed by atoms with Crippen molar-refractivity contribution in [3.63, 3.8) is 0 Å². The van der Waals surface area contributed by atoms with Gasteiger partial charge in [-0.1, -0.05) is 22.0 Å². The molecule has 0 fully saturated rings. The molecule has 0 bridgehead atoms. The zero-order valence-corrected chi connectivity index (χ0v) is 9.93. The molecule has 2 rings (SSSR count). The number of alkyl halides is 4. The summed E-state index contributed by atoms with van der Waals surface area (Å²) in [5, 5.41) is 0.665. The van der Waals surface area contributed by atoms with E-state index in [1.807, 2.05) is 0 Å². The van der Waals surface area contributed by atoms with Crippen molar-refractivity contribution in [1.82, 2.24) is 0 Å². The topological polar surface area (TPSA) is 30.2 Å². The van der Waals surface area contributed by atoms with Crippen molar-refractivity contribution in [1.29, 1.82) is 0 Å². The van der Waals surface area contributed by atoms with Crippen LogP contribution in [0.25, 0.3) is 11.0 Å². The molecule has 0 aliphatic heterocycles. The molecule has 17 heavy (non-hydrogen) atoms. The summed E-state index contributed by atoms with van der Waals surface area (Å²) in [6, 6.07) is 4.94. The third kappa shape index (κ3) is 2.36. The fourth-order valence-electron chi connectivity index (χ4n) is 1.43. The molecule has 6 heteroatoms. The second-order valence-corrected chi connectivity index (χ2v) is 4.00. The molecule has 1 aromatic heterocycles. The van der Waals surface area contributed by atoms with Crippen LogP contribution in [-0.4, -0.2) is 0 Å². The van der Waals surface area contributed by atoms with Crippen molar-refractivity contribution < 1.29 is 17.6 Å². The Hall–Kier alpha value is -1.30. The van der Waals surface area contributed by atoms with Crippen LogP contribution in [0.1, 0.15) is 11.3 Å². The van der Waals surface area contributed by atoms with Crippen molar-refractivity contribution in [2.75, 3.05) is 0 Å². The van der Waals surface area contributed by atoms with Crippen molar-refractivity contribution >= 4 is 26.9 Å². The van der Waals surface area contributed by atoms with Crippen molar-refractivity contribution in [3.8, 4) is 0 Å². The molecule has 0 amide bonds. The average Bonchev–Trinajstić information content (AvgIpc) is 2.27. The van der Waals surface area contributed by atoms with E-state index < -0.39 is 17.4 Å². The molecule has 0 aliphatic carbocycles. The van der Waals surface area contributed by atoms with Gasteiger partial charge in [-0.25, -0.2) is 0 Å². The molecular formula is C11H6BrF3O2. The van der Waals surface area contributed by atoms with E-state index in [9.17, 15) is 18.0 Å². The maximum absolute atomic E-state index is 12.4. The molecule has 90 valence electrons. The molecular weight excluding hydrogens is 301 g/mol. The SMILES string of the molecule is O=c1cc(C(F)(F)F)oc2ccc(CBr)cc12. The zero-order chi connectivity index (χ0) is 12.6. The zero-order valence-electron chi connectivity index (χ0n) is 8.34. The largest absolute Gasteiger partial charge is 0.451 e. The molecule has 0 saturated heterocycles. The van der Waals surface area contributed by atoms with Gasteiger partial charge < -0.3 is 4.42 Å². The summed E-state index contributed by atoms with van der Waals surface area (Å²) in [5.74, 6) is -1.28. The van der Waals surface area contributed by atoms with Gasteiger partial charge in [0.2, 0.25) is 5.76 Å². The molecule has 2 nitrogen and oxygen atoms in total. The first kappa shape index (κ1) is 12.2. The fourth-order valence-corrected chi connectivity index (χ4v) is 1.78. The van der Waals surface area contributed by atoms with Crippen molar-refractivity contribution in [2.45, 2.75) is 11.5 Å². The summed E-state index contributed by atoms with van der Waals surface area (Å²) >= 11 is 3.20. The van der Waals surface area contributed by atoms with Gasteiger partial charge in [0.25, 0.3) is 0 Å². The lowest BCUT2D eigenvalue weighted by molar-refractivity contribution is -0.152. The first-order valence-corrected chi connectivity index (χ1v) is 5.74. The number of rotatable bonds is 1. The van der Waals surface area contributed by atoms with E-state index in [2.05, 4.69) is 20.3 Å². The smallest absolute Gasteiger partial charge is 0.449 e. The van der Waals surface area contributed by atoms with Gasteiger partial charge in [-0.05, 0) is 17.7 Å². The van der Waals surface area contributed by atoms with Crippen LogP contribution in [0.15, 0.2) is 33.5 Å². The summed E-state index contributed by atoms with van der Waals surface area (Å²) < 4.78 is 41.9. The van der Waals surface area contributed by atoms with Gasteiger partial charge in [-0.15, -0.1) is 0 Å². The van der Waals surface area contributed by atoms with Crippen molar-refractivity contribution in [3.05, 3.63) is 45.8 Å². The highest BCUT2D eigenvalue weighted by Gasteiger charge is 2.34. The minimum atomic E-state index is -4.65. The van der Waals surface area contributed by atoms with Gasteiger partial charge in [0.1, 0.15) is 5.58 Å². The molecule has 0 unspecified atom stereocenters. The van der Waals surface area contributed by atoms with E-state index >= 15 is 0 Å². The molecule has 1 heterocycles. The monoisotopic (exact) mass is 306 g/mol. The van der Waals surface area contributed by atoms with Gasteiger partial charge in [-0.2, -0.15) is 13.2 Å². The third-order valence-electron chi connectivity index (χ3n) is 2.23. The van der Waals surface area contributed by atoms with Crippen LogP contribution in [0.5, 0.6) is 0 Å². The van der Waals surface area contributed by atoms with Crippen LogP contribution in [0.4, 0.5) is 13.2 Å². The van der Waals surface area contributed by atoms with E-state index in [1.165, 1.54) is 12.1 Å². The van der Waals surface area contributed by atoms with Gasteiger partial charge in [0, 0.05) is 11.4 Å². The standard InChI is InChI=1S/C11H6BrF3O2/c12-5-6-1-2-9-7(3-6)8(16)4-10(17-9)11(13,14)15/h1-4H,5H2. The van der Waals surface area contributed by atoms with Crippen LogP contribution >= 0.6 is 15.9 Å². The normalized spacial score (nSPS) is 12.0. The fraction of sp³-hybridized carbons (Fsp3) is 0.182. The number of hydrogen-bond acceptors (Lipinski definition) is 2. The number of hydrogen-bond donors (Lipinski definition) is 0. The second kappa shape index (κ2) is 4.18. The van der Waals surface area contributed by atoms with E-state index in [1.54, 1.807) is 6.07 Å². The predicted molar refractivity (Wildman–Crippen MR) is 60.1 cm³/mol. The number of fused-ring (bicyclic) bond motifs is 1. The highest BCUT2D eigenvalue weighted by Crippen LogP contribution is 2.30. The quantitative estimate of drug-likeness (QED) is 0.752. The highest BCUT2D eigenvalue weighted by molar-refractivity contribution is 9.08. The summed E-state index contributed by atoms with van der Waals surface area (Å²) in [7, 11) is 0. The van der Waals surface area contributed by atoms with Crippen LogP contribution < -0.4 is 5.43 Å². The lowest BCUT2D eigenvalue weighted by atomic mass is 10.1. The minimum absolute atomic E-state index is 0.0606. The first-order chi connectivity index (χ1) is 7.91. The van der Waals surface area contributed by atoms with E-state index in [0.29, 0.717) is 11.4 Å². The van der Waals surface area contributed by atoms with Crippen LogP contribution in [0.2, 0.25) is 0 Å². The molecule has 0 N–H and O–H groups in total. The molecule has 0 radical (unpaired) electrons. The van der Waals surface area contributed by atoms with Crippen molar-refractivity contribution in [2.24, 2.45) is 0 Å². The number of benzene rings is 1. The minimum Gasteiger partial charge on any atom is -0.451 e. The van der Waals surface area contributed by atoms with Gasteiger partial charge in [0.05, 0.1) is 5.39 Å². The highest BCUT2D eigenvalue weighted by atomic mass is 79.9. The molecule has 0 aliphatic rings. The van der Waals surface area contributed by atoms with Crippen LogP contribution in [0.3, 0.4) is 0 Å². The second-order valence-electron chi connectivity index (χ2n) is 3.44. The Bertz CT molecular complexity index is 616. The summed E-state index contributed by atoms with van der Waals surface area (Å²) in [5.41, 5.74) is 0.0421. The Morgan fingerprint density at radius 3 is 2.53 bits per heavy atom. The van der Waals surface area contributed by atoms with Crippen LogP contribution in [0, 0.1) is 0 Å². The van der Waals surface area contributed by atoms with E-state index in [-0.39, 0.29) is 11.0 Å². The summed E-state index contributed by atoms with van der Waals surface area (Å²) in [4.78, 5) is 11.5. The average molecular weight is 307 g/mol. The van der Waals surface area contributed by atoms with Gasteiger partial charge in [0.15, 0.2) is 5.43 Å². The Morgan fingerprint density at radius 2 is 1.94 bits per heavy atom. The summed E-state index contributed by atoms with van der Waals surface area (Å²) in [6.07, 6.45) is -4.65. The summed E-state index contributed by atoms with van der Waals surface area (Å²) in [6.45, 7) is 0. The lowest BCUT2D eigenvalue weighted by Crippen LogP contribution is -2.10. The molecule has 0 saturated carbocycles. The third-order valence-corrected chi connectivity index (χ3v) is 2.87. The first-order valence-electron chi connectivity index (χ1n) is 4.62. The van der Waals surface area contributed by atoms with E-state index in [0.717, 1.165) is 5.56 Å². The van der Waals surface area contributed by atoms with Gasteiger partial charge in [-0.3, -0.25) is 4.79 Å². The van der Waals surface area contributed by atoms with E-state index in [4.69, 9.17) is 0 Å². The van der Waals surface area contributed by atoms with Crippen LogP contribution in [-0.2, 0) is 11.5 Å². The molecule has 2 aromatic rings. The number of halogens is 4. The Morgan fingerprint density at radius 1 is 1.24 bits per heavy atom. The molecule has 0 atom stereocenters. The van der Waals surface area contributed by atoms with Gasteiger partial charge >= 0.3 is 6.18 Å². The molecule has 1 aromatic carbocycles. The Kier molecular flexibility index (Phi) is 2.99. The maximum Gasteiger partial charge on any atom is 0.449 e.